The molecule has 2 aromatic rings. The average Bonchev–Trinajstić information content (AvgIpc) is 2.64. The number of hydrogen-bond donors (Lipinski definition) is 1. The molecule has 0 bridgehead atoms. The fraction of sp³-hybridized carbons (Fsp3) is 0.381. The Morgan fingerprint density at radius 1 is 1.04 bits per heavy atom. The summed E-state index contributed by atoms with van der Waals surface area (Å²) in [5, 5.41) is 3.02. The van der Waals surface area contributed by atoms with Crippen LogP contribution in [0.3, 0.4) is 0 Å². The second kappa shape index (κ2) is 8.13. The summed E-state index contributed by atoms with van der Waals surface area (Å²) in [6, 6.07) is 10.7. The second-order valence-corrected chi connectivity index (χ2v) is 9.19. The van der Waals surface area contributed by atoms with E-state index < -0.39 is 10.0 Å². The van der Waals surface area contributed by atoms with Crippen LogP contribution in [-0.2, 0) is 10.0 Å². The zero-order chi connectivity index (χ0) is 20.4. The average molecular weight is 389 g/mol. The van der Waals surface area contributed by atoms with Crippen molar-refractivity contribution in [3.8, 4) is 0 Å². The molecule has 1 N–H and O–H groups in total. The summed E-state index contributed by atoms with van der Waals surface area (Å²) in [7, 11) is -1.81. The molecule has 1 atom stereocenters. The summed E-state index contributed by atoms with van der Waals surface area (Å²) in [6.07, 6.45) is 0. The van der Waals surface area contributed by atoms with Gasteiger partial charge in [0.05, 0.1) is 17.5 Å². The smallest absolute Gasteiger partial charge is 0.251 e. The molecule has 2 rings (SSSR count). The van der Waals surface area contributed by atoms with Crippen LogP contribution < -0.4 is 9.62 Å². The number of anilines is 1. The highest BCUT2D eigenvalue weighted by molar-refractivity contribution is 7.92. The topological polar surface area (TPSA) is 66.5 Å². The molecule has 146 valence electrons. The number of rotatable bonds is 6. The van der Waals surface area contributed by atoms with Gasteiger partial charge in [-0.15, -0.1) is 0 Å². The number of hydrogen-bond acceptors (Lipinski definition) is 3. The predicted octanol–water partition coefficient (Wildman–Crippen LogP) is 3.89. The van der Waals surface area contributed by atoms with E-state index in [1.54, 1.807) is 31.2 Å². The minimum atomic E-state index is -3.32. The van der Waals surface area contributed by atoms with Crippen LogP contribution >= 0.6 is 0 Å². The van der Waals surface area contributed by atoms with E-state index in [9.17, 15) is 13.2 Å². The van der Waals surface area contributed by atoms with Crippen LogP contribution in [0.5, 0.6) is 0 Å². The van der Waals surface area contributed by atoms with Gasteiger partial charge in [-0.1, -0.05) is 12.1 Å². The van der Waals surface area contributed by atoms with Crippen LogP contribution in [0.15, 0.2) is 36.4 Å². The number of benzene rings is 2. The lowest BCUT2D eigenvalue weighted by Crippen LogP contribution is -2.29. The summed E-state index contributed by atoms with van der Waals surface area (Å²) >= 11 is 0. The van der Waals surface area contributed by atoms with Crippen LogP contribution in [0.2, 0.25) is 0 Å². The first-order valence-corrected chi connectivity index (χ1v) is 10.6. The molecule has 27 heavy (non-hydrogen) atoms. The molecule has 5 nitrogen and oxygen atoms in total. The van der Waals surface area contributed by atoms with Gasteiger partial charge in [0.2, 0.25) is 10.0 Å². The fourth-order valence-corrected chi connectivity index (χ4v) is 3.81. The molecule has 6 heteroatoms. The van der Waals surface area contributed by atoms with E-state index in [1.807, 2.05) is 13.8 Å². The molecule has 1 amide bonds. The molecule has 0 fully saturated rings. The Morgan fingerprint density at radius 2 is 1.59 bits per heavy atom. The third-order valence-electron chi connectivity index (χ3n) is 4.97. The van der Waals surface area contributed by atoms with Crippen molar-refractivity contribution in [1.82, 2.24) is 5.32 Å². The van der Waals surface area contributed by atoms with Crippen LogP contribution in [0.25, 0.3) is 0 Å². The van der Waals surface area contributed by atoms with E-state index in [0.29, 0.717) is 11.3 Å². The number of carbonyl (C=O) groups is 1. The van der Waals surface area contributed by atoms with E-state index in [4.69, 9.17) is 0 Å². The molecule has 0 aliphatic carbocycles. The Hall–Kier alpha value is -2.34. The third-order valence-corrected chi connectivity index (χ3v) is 6.75. The number of amides is 1. The Morgan fingerprint density at radius 3 is 2.15 bits per heavy atom. The summed E-state index contributed by atoms with van der Waals surface area (Å²) in [4.78, 5) is 12.6. The normalized spacial score (nSPS) is 12.5. The maximum atomic E-state index is 12.6. The lowest BCUT2D eigenvalue weighted by Gasteiger charge is -2.20. The molecule has 0 heterocycles. The summed E-state index contributed by atoms with van der Waals surface area (Å²) in [5.41, 5.74) is 5.70. The summed E-state index contributed by atoms with van der Waals surface area (Å²) < 4.78 is 25.1. The highest BCUT2D eigenvalue weighted by atomic mass is 32.2. The first kappa shape index (κ1) is 21.0. The monoisotopic (exact) mass is 388 g/mol. The molecular weight excluding hydrogens is 360 g/mol. The lowest BCUT2D eigenvalue weighted by atomic mass is 9.96. The first-order valence-electron chi connectivity index (χ1n) is 9.02. The van der Waals surface area contributed by atoms with Gasteiger partial charge in [-0.05, 0) is 81.1 Å². The van der Waals surface area contributed by atoms with Crippen molar-refractivity contribution in [2.75, 3.05) is 17.1 Å². The minimum Gasteiger partial charge on any atom is -0.346 e. The number of nitrogens with zero attached hydrogens (tertiary/aromatic N) is 1. The molecule has 0 saturated carbocycles. The minimum absolute atomic E-state index is 0.0264. The Bertz CT molecular complexity index is 935. The van der Waals surface area contributed by atoms with Gasteiger partial charge >= 0.3 is 0 Å². The number of carbonyl (C=O) groups excluding carboxylic acids is 1. The molecule has 0 spiro atoms. The highest BCUT2D eigenvalue weighted by Crippen LogP contribution is 2.22. The third kappa shape index (κ3) is 4.69. The van der Waals surface area contributed by atoms with E-state index in [-0.39, 0.29) is 17.7 Å². The lowest BCUT2D eigenvalue weighted by molar-refractivity contribution is 0.0940. The van der Waals surface area contributed by atoms with Gasteiger partial charge in [-0.2, -0.15) is 0 Å². The number of nitrogens with one attached hydrogen (secondary N) is 1. The van der Waals surface area contributed by atoms with Crippen molar-refractivity contribution in [3.63, 3.8) is 0 Å². The van der Waals surface area contributed by atoms with Crippen molar-refractivity contribution in [2.45, 2.75) is 40.7 Å². The van der Waals surface area contributed by atoms with Gasteiger partial charge in [0, 0.05) is 12.6 Å². The zero-order valence-corrected chi connectivity index (χ0v) is 17.6. The molecule has 0 aliphatic heterocycles. The summed E-state index contributed by atoms with van der Waals surface area (Å²) in [6.45, 7) is 9.75. The van der Waals surface area contributed by atoms with Crippen molar-refractivity contribution >= 4 is 21.6 Å². The second-order valence-electron chi connectivity index (χ2n) is 6.90. The fourth-order valence-electron chi connectivity index (χ4n) is 2.98. The SMILES string of the molecule is CCS(=O)(=O)N(C)c1ccc(C(=O)NC(C)c2cc(C)c(C)cc2C)cc1. The molecule has 0 aromatic heterocycles. The van der Waals surface area contributed by atoms with Crippen molar-refractivity contribution in [3.05, 3.63) is 64.2 Å². The quantitative estimate of drug-likeness (QED) is 0.816. The van der Waals surface area contributed by atoms with Crippen LogP contribution in [0, 0.1) is 20.8 Å². The van der Waals surface area contributed by atoms with Gasteiger partial charge in [0.25, 0.3) is 5.91 Å². The number of sulfonamides is 1. The van der Waals surface area contributed by atoms with Crippen LogP contribution in [-0.4, -0.2) is 27.1 Å². The van der Waals surface area contributed by atoms with Gasteiger partial charge in [0.15, 0.2) is 0 Å². The standard InChI is InChI=1S/C21H28N2O3S/c1-7-27(25,26)23(6)19-10-8-18(9-11-19)21(24)22-17(5)20-13-15(3)14(2)12-16(20)4/h8-13,17H,7H2,1-6H3,(H,22,24). The zero-order valence-electron chi connectivity index (χ0n) is 16.8. The molecule has 2 aromatic carbocycles. The van der Waals surface area contributed by atoms with Crippen molar-refractivity contribution in [1.29, 1.82) is 0 Å². The summed E-state index contributed by atoms with van der Waals surface area (Å²) in [5.74, 6) is -0.161. The van der Waals surface area contributed by atoms with E-state index >= 15 is 0 Å². The maximum absolute atomic E-state index is 12.6. The van der Waals surface area contributed by atoms with Crippen LogP contribution in [0.4, 0.5) is 5.69 Å². The molecular formula is C21H28N2O3S. The Kier molecular flexibility index (Phi) is 6.31. The van der Waals surface area contributed by atoms with E-state index in [0.717, 1.165) is 11.1 Å². The van der Waals surface area contributed by atoms with Gasteiger partial charge < -0.3 is 5.32 Å². The van der Waals surface area contributed by atoms with Gasteiger partial charge in [0.1, 0.15) is 0 Å². The molecule has 0 aliphatic rings. The van der Waals surface area contributed by atoms with Crippen molar-refractivity contribution < 1.29 is 13.2 Å². The number of aryl methyl sites for hydroxylation is 3. The first-order chi connectivity index (χ1) is 12.6. The van der Waals surface area contributed by atoms with Gasteiger partial charge in [-0.25, -0.2) is 8.42 Å². The Balaban J connectivity index is 2.16. The Labute approximate surface area is 162 Å². The highest BCUT2D eigenvalue weighted by Gasteiger charge is 2.17. The molecule has 1 unspecified atom stereocenters. The maximum Gasteiger partial charge on any atom is 0.251 e. The van der Waals surface area contributed by atoms with Gasteiger partial charge in [-0.3, -0.25) is 9.10 Å². The molecule has 0 radical (unpaired) electrons. The van der Waals surface area contributed by atoms with E-state index in [1.165, 1.54) is 22.5 Å². The predicted molar refractivity (Wildman–Crippen MR) is 111 cm³/mol. The van der Waals surface area contributed by atoms with Crippen LogP contribution in [0.1, 0.15) is 52.5 Å². The largest absolute Gasteiger partial charge is 0.346 e. The van der Waals surface area contributed by atoms with Crippen molar-refractivity contribution in [2.24, 2.45) is 0 Å². The molecule has 0 saturated heterocycles. The van der Waals surface area contributed by atoms with E-state index in [2.05, 4.69) is 31.3 Å².